The van der Waals surface area contributed by atoms with Gasteiger partial charge in [0.15, 0.2) is 0 Å². The molecule has 0 saturated heterocycles. The lowest BCUT2D eigenvalue weighted by Crippen LogP contribution is -2.00. The second-order valence-electron chi connectivity index (χ2n) is 3.80. The zero-order valence-electron chi connectivity index (χ0n) is 9.27. The van der Waals surface area contributed by atoms with Gasteiger partial charge in [-0.3, -0.25) is 10.1 Å². The predicted molar refractivity (Wildman–Crippen MR) is 68.4 cm³/mol. The maximum atomic E-state index is 10.9. The van der Waals surface area contributed by atoms with Crippen LogP contribution in [0.15, 0.2) is 23.1 Å². The molecule has 3 nitrogen and oxygen atoms in total. The summed E-state index contributed by atoms with van der Waals surface area (Å²) < 4.78 is 0. The minimum atomic E-state index is -0.333. The number of nitro benzene ring substituents is 1. The fourth-order valence-electron chi connectivity index (χ4n) is 1.17. The van der Waals surface area contributed by atoms with Crippen molar-refractivity contribution in [3.05, 3.63) is 33.9 Å². The van der Waals surface area contributed by atoms with Crippen molar-refractivity contribution >= 4 is 29.1 Å². The third-order valence-electron chi connectivity index (χ3n) is 2.10. The normalized spacial score (nSPS) is 12.4. The van der Waals surface area contributed by atoms with Crippen LogP contribution in [-0.2, 0) is 0 Å². The molecule has 16 heavy (non-hydrogen) atoms. The Hall–Kier alpha value is -0.740. The van der Waals surface area contributed by atoms with E-state index < -0.39 is 0 Å². The van der Waals surface area contributed by atoms with E-state index >= 15 is 0 Å². The van der Waals surface area contributed by atoms with Crippen molar-refractivity contribution < 1.29 is 4.92 Å². The number of nitrogens with zero attached hydrogens (tertiary/aromatic N) is 1. The van der Waals surface area contributed by atoms with Crippen molar-refractivity contribution in [2.24, 2.45) is 5.92 Å². The Labute approximate surface area is 104 Å². The molecule has 1 unspecified atom stereocenters. The molecule has 88 valence electrons. The van der Waals surface area contributed by atoms with Crippen LogP contribution in [0.2, 0.25) is 0 Å². The fourth-order valence-corrected chi connectivity index (χ4v) is 2.43. The van der Waals surface area contributed by atoms with Crippen LogP contribution in [0.1, 0.15) is 12.5 Å². The van der Waals surface area contributed by atoms with E-state index in [9.17, 15) is 10.1 Å². The topological polar surface area (TPSA) is 43.1 Å². The predicted octanol–water partition coefficient (Wildman–Crippen LogP) is 3.87. The van der Waals surface area contributed by atoms with Gasteiger partial charge in [-0.05, 0) is 24.5 Å². The quantitative estimate of drug-likeness (QED) is 0.349. The molecule has 0 N–H and O–H groups in total. The number of alkyl halides is 1. The summed E-state index contributed by atoms with van der Waals surface area (Å²) in [5, 5.41) is 10.9. The molecule has 0 heterocycles. The summed E-state index contributed by atoms with van der Waals surface area (Å²) in [6.07, 6.45) is 0. The van der Waals surface area contributed by atoms with E-state index in [1.54, 1.807) is 12.1 Å². The number of thioether (sulfide) groups is 1. The van der Waals surface area contributed by atoms with Gasteiger partial charge in [-0.25, -0.2) is 0 Å². The van der Waals surface area contributed by atoms with Crippen LogP contribution < -0.4 is 0 Å². The molecule has 0 radical (unpaired) electrons. The molecule has 0 aliphatic rings. The Morgan fingerprint density at radius 1 is 1.56 bits per heavy atom. The summed E-state index contributed by atoms with van der Waals surface area (Å²) in [7, 11) is 0. The van der Waals surface area contributed by atoms with Crippen LogP contribution in [0.5, 0.6) is 0 Å². The molecule has 0 bridgehead atoms. The number of benzene rings is 1. The molecular weight excluding hydrogens is 246 g/mol. The Kier molecular flexibility index (Phi) is 5.09. The van der Waals surface area contributed by atoms with Gasteiger partial charge in [0.1, 0.15) is 0 Å². The van der Waals surface area contributed by atoms with Gasteiger partial charge in [0.25, 0.3) is 5.69 Å². The van der Waals surface area contributed by atoms with Crippen molar-refractivity contribution in [3.8, 4) is 0 Å². The van der Waals surface area contributed by atoms with Crippen molar-refractivity contribution in [1.29, 1.82) is 0 Å². The van der Waals surface area contributed by atoms with Gasteiger partial charge < -0.3 is 0 Å². The Morgan fingerprint density at radius 3 is 2.81 bits per heavy atom. The molecule has 0 saturated carbocycles. The van der Waals surface area contributed by atoms with Crippen LogP contribution in [0, 0.1) is 23.0 Å². The third-order valence-corrected chi connectivity index (χ3v) is 4.02. The molecule has 5 heteroatoms. The first-order chi connectivity index (χ1) is 7.54. The van der Waals surface area contributed by atoms with Crippen molar-refractivity contribution in [1.82, 2.24) is 0 Å². The lowest BCUT2D eigenvalue weighted by atomic mass is 10.2. The molecule has 0 fully saturated rings. The highest BCUT2D eigenvalue weighted by Crippen LogP contribution is 2.31. The first-order valence-corrected chi connectivity index (χ1v) is 6.50. The average Bonchev–Trinajstić information content (AvgIpc) is 2.26. The smallest absolute Gasteiger partial charge is 0.258 e. The Balaban J connectivity index is 2.82. The summed E-state index contributed by atoms with van der Waals surface area (Å²) in [4.78, 5) is 11.2. The number of hydrogen-bond acceptors (Lipinski definition) is 3. The van der Waals surface area contributed by atoms with E-state index in [1.807, 2.05) is 19.9 Å². The van der Waals surface area contributed by atoms with Crippen LogP contribution in [0.25, 0.3) is 0 Å². The van der Waals surface area contributed by atoms with E-state index in [4.69, 9.17) is 11.6 Å². The standard InChI is InChI=1S/C11H14ClNO2S/c1-8-3-4-11(10(5-8)13(14)15)16-7-9(2)6-12/h3-5,9H,6-7H2,1-2H3. The number of rotatable bonds is 5. The second-order valence-corrected chi connectivity index (χ2v) is 5.17. The maximum absolute atomic E-state index is 10.9. The SMILES string of the molecule is Cc1ccc(SCC(C)CCl)c([N+](=O)[O-])c1. The highest BCUT2D eigenvalue weighted by Gasteiger charge is 2.14. The monoisotopic (exact) mass is 259 g/mol. The largest absolute Gasteiger partial charge is 0.283 e. The van der Waals surface area contributed by atoms with Gasteiger partial charge in [0.2, 0.25) is 0 Å². The summed E-state index contributed by atoms with van der Waals surface area (Å²) >= 11 is 7.19. The van der Waals surface area contributed by atoms with Crippen LogP contribution in [-0.4, -0.2) is 16.6 Å². The van der Waals surface area contributed by atoms with Gasteiger partial charge in [0.05, 0.1) is 9.82 Å². The molecule has 1 atom stereocenters. The number of halogens is 1. The van der Waals surface area contributed by atoms with Gasteiger partial charge in [-0.15, -0.1) is 23.4 Å². The molecule has 1 rings (SSSR count). The lowest BCUT2D eigenvalue weighted by Gasteiger charge is -2.07. The van der Waals surface area contributed by atoms with Crippen molar-refractivity contribution in [2.45, 2.75) is 18.7 Å². The van der Waals surface area contributed by atoms with Crippen LogP contribution >= 0.6 is 23.4 Å². The Bertz CT molecular complexity index is 384. The maximum Gasteiger partial charge on any atom is 0.283 e. The van der Waals surface area contributed by atoms with Crippen molar-refractivity contribution in [3.63, 3.8) is 0 Å². The van der Waals surface area contributed by atoms with E-state index in [0.29, 0.717) is 16.7 Å². The molecular formula is C11H14ClNO2S. The van der Waals surface area contributed by atoms with Gasteiger partial charge in [-0.2, -0.15) is 0 Å². The van der Waals surface area contributed by atoms with Crippen LogP contribution in [0.4, 0.5) is 5.69 Å². The third kappa shape index (κ3) is 3.68. The average molecular weight is 260 g/mol. The molecule has 0 aliphatic carbocycles. The molecule has 0 aliphatic heterocycles. The highest BCUT2D eigenvalue weighted by atomic mass is 35.5. The van der Waals surface area contributed by atoms with Crippen molar-refractivity contribution in [2.75, 3.05) is 11.6 Å². The van der Waals surface area contributed by atoms with E-state index in [0.717, 1.165) is 11.3 Å². The summed E-state index contributed by atoms with van der Waals surface area (Å²) in [6, 6.07) is 5.30. The van der Waals surface area contributed by atoms with E-state index in [-0.39, 0.29) is 10.6 Å². The lowest BCUT2D eigenvalue weighted by molar-refractivity contribution is -0.387. The molecule has 0 spiro atoms. The molecule has 0 amide bonds. The highest BCUT2D eigenvalue weighted by molar-refractivity contribution is 7.99. The zero-order valence-corrected chi connectivity index (χ0v) is 10.8. The number of aryl methyl sites for hydroxylation is 1. The number of nitro groups is 1. The molecule has 0 aromatic heterocycles. The minimum Gasteiger partial charge on any atom is -0.258 e. The van der Waals surface area contributed by atoms with Crippen LogP contribution in [0.3, 0.4) is 0 Å². The first kappa shape index (κ1) is 13.3. The first-order valence-electron chi connectivity index (χ1n) is 4.98. The molecule has 1 aromatic carbocycles. The van der Waals surface area contributed by atoms with Gasteiger partial charge in [-0.1, -0.05) is 13.0 Å². The van der Waals surface area contributed by atoms with E-state index in [1.165, 1.54) is 11.8 Å². The summed E-state index contributed by atoms with van der Waals surface area (Å²) in [5.41, 5.74) is 1.09. The second kappa shape index (κ2) is 6.11. The van der Waals surface area contributed by atoms with E-state index in [2.05, 4.69) is 0 Å². The number of hydrogen-bond donors (Lipinski definition) is 0. The Morgan fingerprint density at radius 2 is 2.25 bits per heavy atom. The fraction of sp³-hybridized carbons (Fsp3) is 0.455. The zero-order chi connectivity index (χ0) is 12.1. The minimum absolute atomic E-state index is 0.187. The summed E-state index contributed by atoms with van der Waals surface area (Å²) in [5.74, 6) is 1.73. The van der Waals surface area contributed by atoms with Gasteiger partial charge in [0, 0.05) is 17.7 Å². The molecule has 1 aromatic rings. The summed E-state index contributed by atoms with van der Waals surface area (Å²) in [6.45, 7) is 3.88. The van der Waals surface area contributed by atoms with Gasteiger partial charge >= 0.3 is 0 Å².